The number of hydrogen-bond donors (Lipinski definition) is 2. The van der Waals surface area contributed by atoms with Gasteiger partial charge in [-0.3, -0.25) is 0 Å². The van der Waals surface area contributed by atoms with Crippen LogP contribution in [0.15, 0.2) is 0 Å². The Morgan fingerprint density at radius 2 is 2.12 bits per heavy atom. The van der Waals surface area contributed by atoms with Gasteiger partial charge in [0.1, 0.15) is 0 Å². The molecule has 16 heavy (non-hydrogen) atoms. The van der Waals surface area contributed by atoms with Crippen molar-refractivity contribution in [2.75, 3.05) is 26.2 Å². The molecule has 0 bridgehead atoms. The van der Waals surface area contributed by atoms with Crippen molar-refractivity contribution < 1.29 is 4.74 Å². The first-order valence-electron chi connectivity index (χ1n) is 6.78. The third-order valence-corrected chi connectivity index (χ3v) is 4.10. The van der Waals surface area contributed by atoms with Gasteiger partial charge < -0.3 is 15.8 Å². The van der Waals surface area contributed by atoms with Gasteiger partial charge in [0.05, 0.1) is 6.10 Å². The molecule has 1 aliphatic heterocycles. The minimum absolute atomic E-state index is 0.302. The quantitative estimate of drug-likeness (QED) is 0.624. The van der Waals surface area contributed by atoms with Crippen LogP contribution in [0.1, 0.15) is 46.0 Å². The predicted molar refractivity (Wildman–Crippen MR) is 68.5 cm³/mol. The highest BCUT2D eigenvalue weighted by Crippen LogP contribution is 2.23. The summed E-state index contributed by atoms with van der Waals surface area (Å²) in [4.78, 5) is 0. The van der Waals surface area contributed by atoms with E-state index in [0.717, 1.165) is 45.5 Å². The molecule has 0 amide bonds. The largest absolute Gasteiger partial charge is 0.378 e. The van der Waals surface area contributed by atoms with Gasteiger partial charge >= 0.3 is 0 Å². The van der Waals surface area contributed by atoms with Gasteiger partial charge in [-0.05, 0) is 50.6 Å². The summed E-state index contributed by atoms with van der Waals surface area (Å²) in [6.07, 6.45) is 6.45. The molecule has 1 heterocycles. The molecule has 0 aromatic carbocycles. The highest BCUT2D eigenvalue weighted by molar-refractivity contribution is 4.80. The van der Waals surface area contributed by atoms with Gasteiger partial charge in [-0.2, -0.15) is 0 Å². The molecule has 0 radical (unpaired) electrons. The summed E-state index contributed by atoms with van der Waals surface area (Å²) >= 11 is 0. The van der Waals surface area contributed by atoms with Crippen molar-refractivity contribution in [1.82, 2.24) is 5.32 Å². The zero-order valence-corrected chi connectivity index (χ0v) is 10.9. The summed E-state index contributed by atoms with van der Waals surface area (Å²) < 4.78 is 5.60. The predicted octanol–water partition coefficient (Wildman–Crippen LogP) is 1.91. The summed E-state index contributed by atoms with van der Waals surface area (Å²) in [6, 6.07) is 0. The first-order chi connectivity index (χ1) is 7.76. The third-order valence-electron chi connectivity index (χ3n) is 4.10. The Kier molecular flexibility index (Phi) is 6.32. The molecule has 0 saturated carbocycles. The van der Waals surface area contributed by atoms with Gasteiger partial charge in [0, 0.05) is 13.2 Å². The molecule has 0 aliphatic carbocycles. The molecular formula is C13H28N2O. The van der Waals surface area contributed by atoms with Crippen LogP contribution < -0.4 is 11.1 Å². The van der Waals surface area contributed by atoms with Crippen molar-refractivity contribution in [2.24, 2.45) is 11.1 Å². The van der Waals surface area contributed by atoms with E-state index in [0.29, 0.717) is 11.5 Å². The average molecular weight is 228 g/mol. The Balaban J connectivity index is 2.12. The van der Waals surface area contributed by atoms with Crippen LogP contribution in [-0.4, -0.2) is 32.3 Å². The van der Waals surface area contributed by atoms with E-state index in [1.807, 2.05) is 0 Å². The lowest BCUT2D eigenvalue weighted by molar-refractivity contribution is 0.103. The Bertz CT molecular complexity index is 167. The van der Waals surface area contributed by atoms with E-state index in [1.165, 1.54) is 12.8 Å². The minimum Gasteiger partial charge on any atom is -0.378 e. The molecule has 3 nitrogen and oxygen atoms in total. The minimum atomic E-state index is 0.302. The SMILES string of the molecule is CCC(CC)(CN)CNCCC1CCCO1. The van der Waals surface area contributed by atoms with E-state index >= 15 is 0 Å². The smallest absolute Gasteiger partial charge is 0.0588 e. The van der Waals surface area contributed by atoms with Crippen molar-refractivity contribution in [3.8, 4) is 0 Å². The van der Waals surface area contributed by atoms with Crippen LogP contribution in [-0.2, 0) is 4.74 Å². The zero-order valence-electron chi connectivity index (χ0n) is 10.9. The fraction of sp³-hybridized carbons (Fsp3) is 1.00. The second-order valence-corrected chi connectivity index (χ2v) is 5.01. The van der Waals surface area contributed by atoms with E-state index < -0.39 is 0 Å². The Morgan fingerprint density at radius 3 is 2.62 bits per heavy atom. The number of hydrogen-bond acceptors (Lipinski definition) is 3. The van der Waals surface area contributed by atoms with Gasteiger partial charge in [-0.15, -0.1) is 0 Å². The second-order valence-electron chi connectivity index (χ2n) is 5.01. The maximum absolute atomic E-state index is 5.87. The van der Waals surface area contributed by atoms with Crippen molar-refractivity contribution in [3.63, 3.8) is 0 Å². The highest BCUT2D eigenvalue weighted by atomic mass is 16.5. The van der Waals surface area contributed by atoms with E-state index in [2.05, 4.69) is 19.2 Å². The molecule has 0 aromatic heterocycles. The molecule has 3 heteroatoms. The molecule has 96 valence electrons. The lowest BCUT2D eigenvalue weighted by atomic mass is 9.82. The van der Waals surface area contributed by atoms with Crippen LogP contribution in [0.4, 0.5) is 0 Å². The van der Waals surface area contributed by atoms with Crippen molar-refractivity contribution in [1.29, 1.82) is 0 Å². The maximum atomic E-state index is 5.87. The molecule has 1 atom stereocenters. The Labute approximate surface area is 100 Å². The Morgan fingerprint density at radius 1 is 1.38 bits per heavy atom. The molecule has 3 N–H and O–H groups in total. The third kappa shape index (κ3) is 4.04. The standard InChI is InChI=1S/C13H28N2O/c1-3-13(4-2,10-14)11-15-8-7-12-6-5-9-16-12/h12,15H,3-11,14H2,1-2H3. The second kappa shape index (κ2) is 7.25. The Hall–Kier alpha value is -0.120. The fourth-order valence-electron chi connectivity index (χ4n) is 2.35. The summed E-state index contributed by atoms with van der Waals surface area (Å²) in [7, 11) is 0. The molecule has 0 spiro atoms. The number of ether oxygens (including phenoxy) is 1. The van der Waals surface area contributed by atoms with E-state index in [4.69, 9.17) is 10.5 Å². The first kappa shape index (κ1) is 13.9. The first-order valence-corrected chi connectivity index (χ1v) is 6.78. The average Bonchev–Trinajstić information content (AvgIpc) is 2.83. The summed E-state index contributed by atoms with van der Waals surface area (Å²) in [5.74, 6) is 0. The monoisotopic (exact) mass is 228 g/mol. The molecule has 1 fully saturated rings. The molecule has 1 rings (SSSR count). The lowest BCUT2D eigenvalue weighted by Gasteiger charge is -2.30. The van der Waals surface area contributed by atoms with Crippen LogP contribution in [0.25, 0.3) is 0 Å². The van der Waals surface area contributed by atoms with Crippen LogP contribution in [0.2, 0.25) is 0 Å². The molecular weight excluding hydrogens is 200 g/mol. The highest BCUT2D eigenvalue weighted by Gasteiger charge is 2.23. The summed E-state index contributed by atoms with van der Waals surface area (Å²) in [6.45, 7) is 8.32. The summed E-state index contributed by atoms with van der Waals surface area (Å²) in [5, 5.41) is 3.55. The summed E-state index contributed by atoms with van der Waals surface area (Å²) in [5.41, 5.74) is 6.17. The fourth-order valence-corrected chi connectivity index (χ4v) is 2.35. The van der Waals surface area contributed by atoms with Crippen LogP contribution in [0, 0.1) is 5.41 Å². The van der Waals surface area contributed by atoms with Crippen LogP contribution >= 0.6 is 0 Å². The van der Waals surface area contributed by atoms with Gasteiger partial charge in [-0.25, -0.2) is 0 Å². The number of nitrogens with one attached hydrogen (secondary N) is 1. The van der Waals surface area contributed by atoms with Crippen molar-refractivity contribution in [2.45, 2.75) is 52.1 Å². The van der Waals surface area contributed by atoms with Gasteiger partial charge in [-0.1, -0.05) is 13.8 Å². The van der Waals surface area contributed by atoms with E-state index in [9.17, 15) is 0 Å². The lowest BCUT2D eigenvalue weighted by Crippen LogP contribution is -2.40. The molecule has 0 aromatic rings. The maximum Gasteiger partial charge on any atom is 0.0588 e. The number of nitrogens with two attached hydrogens (primary N) is 1. The van der Waals surface area contributed by atoms with Crippen molar-refractivity contribution in [3.05, 3.63) is 0 Å². The van der Waals surface area contributed by atoms with Gasteiger partial charge in [0.2, 0.25) is 0 Å². The van der Waals surface area contributed by atoms with Crippen LogP contribution in [0.3, 0.4) is 0 Å². The topological polar surface area (TPSA) is 47.3 Å². The molecule has 1 aliphatic rings. The normalized spacial score (nSPS) is 21.6. The van der Waals surface area contributed by atoms with Gasteiger partial charge in [0.25, 0.3) is 0 Å². The van der Waals surface area contributed by atoms with Crippen LogP contribution in [0.5, 0.6) is 0 Å². The van der Waals surface area contributed by atoms with E-state index in [-0.39, 0.29) is 0 Å². The number of rotatable bonds is 8. The zero-order chi connectivity index (χ0) is 11.9. The molecule has 1 unspecified atom stereocenters. The van der Waals surface area contributed by atoms with Crippen molar-refractivity contribution >= 4 is 0 Å². The van der Waals surface area contributed by atoms with E-state index in [1.54, 1.807) is 0 Å². The molecule has 1 saturated heterocycles. The van der Waals surface area contributed by atoms with Gasteiger partial charge in [0.15, 0.2) is 0 Å².